The number of ether oxygens (including phenoxy) is 1. The summed E-state index contributed by atoms with van der Waals surface area (Å²) in [5.41, 5.74) is 11.4. The third kappa shape index (κ3) is 36.1. The molecule has 0 unspecified atom stereocenters. The molecule has 0 heterocycles. The van der Waals surface area contributed by atoms with E-state index in [4.69, 9.17) is 5.11 Å². The molecule has 4 nitrogen and oxygen atoms in total. The van der Waals surface area contributed by atoms with Crippen molar-refractivity contribution in [3.63, 3.8) is 0 Å². The van der Waals surface area contributed by atoms with Crippen LogP contribution in [0.5, 0.6) is 0 Å². The molecule has 0 atom stereocenters. The number of carbonyl (C=O) groups is 2. The maximum absolute atomic E-state index is 11.1. The van der Waals surface area contributed by atoms with Crippen molar-refractivity contribution in [2.45, 2.75) is 178 Å². The Morgan fingerprint density at radius 2 is 0.680 bits per heavy atom. The summed E-state index contributed by atoms with van der Waals surface area (Å²) in [4.78, 5) is 21.6. The van der Waals surface area contributed by atoms with Gasteiger partial charge in [-0.2, -0.15) is 0 Å². The van der Waals surface area contributed by atoms with Gasteiger partial charge in [0.25, 0.3) is 0 Å². The van der Waals surface area contributed by atoms with Crippen molar-refractivity contribution in [1.82, 2.24) is 0 Å². The molecule has 4 heteroatoms. The van der Waals surface area contributed by atoms with Gasteiger partial charge >= 0.3 is 11.9 Å². The Hall–Kier alpha value is -3.14. The molecule has 0 spiro atoms. The first kappa shape index (κ1) is 49.0. The molecule has 1 N–H and O–H groups in total. The predicted molar refractivity (Wildman–Crippen MR) is 220 cm³/mol. The van der Waals surface area contributed by atoms with Crippen LogP contribution in [0.1, 0.15) is 178 Å². The number of carbonyl (C=O) groups excluding carboxylic acids is 1. The van der Waals surface area contributed by atoms with E-state index in [0.717, 1.165) is 77.0 Å². The van der Waals surface area contributed by atoms with Gasteiger partial charge in [0.05, 0.1) is 7.11 Å². The summed E-state index contributed by atoms with van der Waals surface area (Å²) < 4.78 is 4.65. The Kier molecular flexibility index (Phi) is 32.4. The molecule has 0 saturated heterocycles. The quantitative estimate of drug-likeness (QED) is 0.0764. The van der Waals surface area contributed by atoms with Crippen LogP contribution in [0.2, 0.25) is 0 Å². The Bertz CT molecular complexity index is 1190. The molecule has 0 aromatic rings. The minimum atomic E-state index is -0.723. The van der Waals surface area contributed by atoms with Gasteiger partial charge < -0.3 is 9.84 Å². The second-order valence-electron chi connectivity index (χ2n) is 14.3. The molecule has 0 aromatic heterocycles. The van der Waals surface area contributed by atoms with Crippen molar-refractivity contribution in [1.29, 1.82) is 0 Å². The molecular formula is C46H76O4. The van der Waals surface area contributed by atoms with E-state index in [1.807, 2.05) is 0 Å². The highest BCUT2D eigenvalue weighted by atomic mass is 16.5. The van der Waals surface area contributed by atoms with E-state index >= 15 is 0 Å². The maximum Gasteiger partial charge on any atom is 0.305 e. The molecule has 50 heavy (non-hydrogen) atoms. The molecule has 0 aliphatic rings. The van der Waals surface area contributed by atoms with Crippen LogP contribution in [0.15, 0.2) is 93.2 Å². The zero-order valence-electron chi connectivity index (χ0n) is 34.3. The van der Waals surface area contributed by atoms with Crippen LogP contribution in [0.4, 0.5) is 0 Å². The van der Waals surface area contributed by atoms with Crippen molar-refractivity contribution >= 4 is 11.9 Å². The van der Waals surface area contributed by atoms with Gasteiger partial charge in [-0.1, -0.05) is 100 Å². The van der Waals surface area contributed by atoms with Gasteiger partial charge in [-0.05, 0) is 159 Å². The summed E-state index contributed by atoms with van der Waals surface area (Å²) in [6, 6.07) is 0. The normalized spacial score (nSPS) is 13.5. The third-order valence-corrected chi connectivity index (χ3v) is 8.73. The Morgan fingerprint density at radius 3 is 0.940 bits per heavy atom. The number of rotatable bonds is 25. The number of hydrogen-bond donors (Lipinski definition) is 1. The van der Waals surface area contributed by atoms with Crippen LogP contribution in [-0.4, -0.2) is 24.2 Å². The van der Waals surface area contributed by atoms with Gasteiger partial charge in [0.1, 0.15) is 0 Å². The van der Waals surface area contributed by atoms with E-state index in [9.17, 15) is 9.59 Å². The zero-order valence-corrected chi connectivity index (χ0v) is 34.3. The highest BCUT2D eigenvalue weighted by Crippen LogP contribution is 2.16. The van der Waals surface area contributed by atoms with E-state index in [0.29, 0.717) is 12.8 Å². The van der Waals surface area contributed by atoms with Crippen LogP contribution in [-0.2, 0) is 14.3 Å². The zero-order chi connectivity index (χ0) is 38.2. The second-order valence-corrected chi connectivity index (χ2v) is 14.3. The SMILES string of the molecule is CC/C(C)=C/CC/C(C)=C/CC/C(C)=C/CC/C(C)=C/CCC(=O)O.COC(=O)CCC=C(C)CCC=C(C)CCC=C(C)CCC=C(C)C. The summed E-state index contributed by atoms with van der Waals surface area (Å²) in [6.45, 7) is 21.9. The fourth-order valence-electron chi connectivity index (χ4n) is 5.06. The lowest BCUT2D eigenvalue weighted by molar-refractivity contribution is -0.140. The second kappa shape index (κ2) is 33.0. The fraction of sp³-hybridized carbons (Fsp3) is 0.609. The van der Waals surface area contributed by atoms with E-state index in [1.165, 1.54) is 64.5 Å². The van der Waals surface area contributed by atoms with Crippen molar-refractivity contribution in [2.75, 3.05) is 7.11 Å². The number of carboxylic acid groups (broad SMARTS) is 1. The first-order valence-electron chi connectivity index (χ1n) is 19.2. The number of aliphatic carboxylic acids is 1. The first-order valence-corrected chi connectivity index (χ1v) is 19.2. The summed E-state index contributed by atoms with van der Waals surface area (Å²) >= 11 is 0. The first-order chi connectivity index (χ1) is 23.7. The Morgan fingerprint density at radius 1 is 0.420 bits per heavy atom. The van der Waals surface area contributed by atoms with Crippen molar-refractivity contribution < 1.29 is 19.4 Å². The van der Waals surface area contributed by atoms with Gasteiger partial charge in [-0.15, -0.1) is 0 Å². The molecule has 0 amide bonds. The Labute approximate surface area is 309 Å². The van der Waals surface area contributed by atoms with Crippen LogP contribution in [0.25, 0.3) is 0 Å². The Balaban J connectivity index is 0. The van der Waals surface area contributed by atoms with Gasteiger partial charge in [0.15, 0.2) is 0 Å². The number of hydrogen-bond acceptors (Lipinski definition) is 3. The van der Waals surface area contributed by atoms with Gasteiger partial charge in [0, 0.05) is 12.8 Å². The molecule has 0 fully saturated rings. The minimum absolute atomic E-state index is 0.135. The molecule has 0 bridgehead atoms. The van der Waals surface area contributed by atoms with Crippen molar-refractivity contribution in [2.24, 2.45) is 0 Å². The number of carboxylic acids is 1. The minimum Gasteiger partial charge on any atom is -0.481 e. The van der Waals surface area contributed by atoms with Crippen LogP contribution in [0.3, 0.4) is 0 Å². The van der Waals surface area contributed by atoms with E-state index in [2.05, 4.69) is 123 Å². The lowest BCUT2D eigenvalue weighted by Gasteiger charge is -2.03. The van der Waals surface area contributed by atoms with Crippen molar-refractivity contribution in [3.8, 4) is 0 Å². The molecule has 0 saturated carbocycles. The average Bonchev–Trinajstić information content (AvgIpc) is 3.04. The van der Waals surface area contributed by atoms with E-state index in [1.54, 1.807) is 0 Å². The standard InChI is InChI=1S/2C23H38O2/c1-19(2)11-7-12-20(3)13-8-14-21(4)15-9-16-22(5)17-10-18-23(24)25-6;1-6-19(2)11-7-12-20(3)13-8-14-21(4)15-9-16-22(5)17-10-18-23(24)25/h11,13,15,17H,7-10,12,14,16,18H2,1-6H3;11,13,15,17H,6-10,12,14,16,18H2,1-5H3,(H,24,25)/b;19-11+,20-13+,21-15+,22-17+. The predicted octanol–water partition coefficient (Wildman–Crippen LogP) is 14.5. The third-order valence-electron chi connectivity index (χ3n) is 8.73. The maximum atomic E-state index is 11.1. The molecule has 0 radical (unpaired) electrons. The summed E-state index contributed by atoms with van der Waals surface area (Å²) in [7, 11) is 1.44. The average molecular weight is 693 g/mol. The van der Waals surface area contributed by atoms with Gasteiger partial charge in [-0.3, -0.25) is 9.59 Å². The van der Waals surface area contributed by atoms with Gasteiger partial charge in [-0.25, -0.2) is 0 Å². The van der Waals surface area contributed by atoms with Gasteiger partial charge in [0.2, 0.25) is 0 Å². The lowest BCUT2D eigenvalue weighted by atomic mass is 10.0. The largest absolute Gasteiger partial charge is 0.481 e. The molecule has 0 aliphatic heterocycles. The fourth-order valence-corrected chi connectivity index (χ4v) is 5.06. The molecule has 0 aromatic carbocycles. The smallest absolute Gasteiger partial charge is 0.305 e. The lowest BCUT2D eigenvalue weighted by Crippen LogP contribution is -1.98. The van der Waals surface area contributed by atoms with E-state index < -0.39 is 5.97 Å². The molecule has 0 aliphatic carbocycles. The number of esters is 1. The number of allylic oxidation sites excluding steroid dienone is 16. The number of methoxy groups -OCH3 is 1. The monoisotopic (exact) mass is 693 g/mol. The summed E-state index contributed by atoms with van der Waals surface area (Å²) in [5.74, 6) is -0.858. The molecule has 284 valence electrons. The van der Waals surface area contributed by atoms with Crippen LogP contribution >= 0.6 is 0 Å². The summed E-state index contributed by atoms with van der Waals surface area (Å²) in [5, 5.41) is 8.63. The highest BCUT2D eigenvalue weighted by Gasteiger charge is 1.99. The molecular weight excluding hydrogens is 617 g/mol. The van der Waals surface area contributed by atoms with Crippen LogP contribution < -0.4 is 0 Å². The topological polar surface area (TPSA) is 63.6 Å². The van der Waals surface area contributed by atoms with Crippen molar-refractivity contribution in [3.05, 3.63) is 93.2 Å². The highest BCUT2D eigenvalue weighted by molar-refractivity contribution is 5.69. The van der Waals surface area contributed by atoms with E-state index in [-0.39, 0.29) is 12.4 Å². The molecule has 0 rings (SSSR count). The van der Waals surface area contributed by atoms with Crippen LogP contribution in [0, 0.1) is 0 Å². The summed E-state index contributed by atoms with van der Waals surface area (Å²) in [6.07, 6.45) is 35.0.